The molecular formula is C18H20N4O2. The first-order chi connectivity index (χ1) is 11.7. The molecule has 1 aliphatic rings. The highest BCUT2D eigenvalue weighted by Crippen LogP contribution is 2.19. The molecule has 1 aromatic heterocycles. The van der Waals surface area contributed by atoms with Crippen molar-refractivity contribution >= 4 is 17.6 Å². The van der Waals surface area contributed by atoms with Crippen molar-refractivity contribution in [2.45, 2.75) is 25.4 Å². The minimum atomic E-state index is -0.101. The van der Waals surface area contributed by atoms with Crippen molar-refractivity contribution in [3.63, 3.8) is 0 Å². The van der Waals surface area contributed by atoms with E-state index in [1.54, 1.807) is 37.5 Å². The predicted molar refractivity (Wildman–Crippen MR) is 91.9 cm³/mol. The van der Waals surface area contributed by atoms with Gasteiger partial charge in [-0.05, 0) is 42.7 Å². The summed E-state index contributed by atoms with van der Waals surface area (Å²) in [5, 5.41) is 8.73. The number of carbonyl (C=O) groups excluding carboxylic acids is 2. The third-order valence-corrected chi connectivity index (χ3v) is 3.86. The molecule has 6 nitrogen and oxygen atoms in total. The first-order valence-electron chi connectivity index (χ1n) is 7.97. The van der Waals surface area contributed by atoms with Gasteiger partial charge < -0.3 is 16.0 Å². The molecule has 2 amide bonds. The van der Waals surface area contributed by atoms with Crippen LogP contribution in [0.3, 0.4) is 0 Å². The number of benzene rings is 1. The highest BCUT2D eigenvalue weighted by molar-refractivity contribution is 5.94. The second kappa shape index (κ2) is 7.12. The van der Waals surface area contributed by atoms with Gasteiger partial charge in [0.2, 0.25) is 0 Å². The van der Waals surface area contributed by atoms with Crippen LogP contribution in [0.5, 0.6) is 0 Å². The normalized spacial score (nSPS) is 13.2. The fourth-order valence-electron chi connectivity index (χ4n) is 2.24. The monoisotopic (exact) mass is 324 g/mol. The number of carbonyl (C=O) groups is 2. The fraction of sp³-hybridized carbons (Fsp3) is 0.278. The standard InChI is InChI=1S/C18H20N4O2/c1-19-17(23)13-4-2-12(3-5-13)10-20-16-9-6-14(11-21-16)18(24)22-15-7-8-15/h2-6,9,11,15H,7-8,10H2,1H3,(H,19,23)(H,20,21)(H,22,24). The highest BCUT2D eigenvalue weighted by atomic mass is 16.2. The molecule has 0 unspecified atom stereocenters. The van der Waals surface area contributed by atoms with Crippen LogP contribution in [0, 0.1) is 0 Å². The van der Waals surface area contributed by atoms with Crippen LogP contribution >= 0.6 is 0 Å². The number of anilines is 1. The molecule has 2 aromatic rings. The third kappa shape index (κ3) is 4.10. The summed E-state index contributed by atoms with van der Waals surface area (Å²) in [4.78, 5) is 27.7. The molecule has 1 aliphatic carbocycles. The van der Waals surface area contributed by atoms with Crippen molar-refractivity contribution in [2.75, 3.05) is 12.4 Å². The van der Waals surface area contributed by atoms with Gasteiger partial charge in [0, 0.05) is 31.4 Å². The molecule has 1 saturated carbocycles. The Morgan fingerprint density at radius 2 is 1.75 bits per heavy atom. The van der Waals surface area contributed by atoms with E-state index in [9.17, 15) is 9.59 Å². The third-order valence-electron chi connectivity index (χ3n) is 3.86. The quantitative estimate of drug-likeness (QED) is 0.758. The Morgan fingerprint density at radius 1 is 1.04 bits per heavy atom. The lowest BCUT2D eigenvalue weighted by molar-refractivity contribution is 0.0946. The van der Waals surface area contributed by atoms with E-state index in [4.69, 9.17) is 0 Å². The Morgan fingerprint density at radius 3 is 2.33 bits per heavy atom. The predicted octanol–water partition coefficient (Wildman–Crippen LogP) is 1.95. The summed E-state index contributed by atoms with van der Waals surface area (Å²) >= 11 is 0. The molecule has 0 radical (unpaired) electrons. The van der Waals surface area contributed by atoms with E-state index in [1.165, 1.54) is 0 Å². The maximum absolute atomic E-state index is 11.9. The first-order valence-corrected chi connectivity index (χ1v) is 7.97. The van der Waals surface area contributed by atoms with Gasteiger partial charge in [-0.25, -0.2) is 4.98 Å². The van der Waals surface area contributed by atoms with Crippen LogP contribution in [-0.2, 0) is 6.54 Å². The zero-order chi connectivity index (χ0) is 16.9. The maximum atomic E-state index is 11.9. The van der Waals surface area contributed by atoms with Crippen LogP contribution in [0.25, 0.3) is 0 Å². The lowest BCUT2D eigenvalue weighted by Gasteiger charge is -2.08. The van der Waals surface area contributed by atoms with Gasteiger partial charge in [0.25, 0.3) is 11.8 Å². The Balaban J connectivity index is 1.54. The van der Waals surface area contributed by atoms with Crippen molar-refractivity contribution in [2.24, 2.45) is 0 Å². The number of rotatable bonds is 6. The van der Waals surface area contributed by atoms with Crippen molar-refractivity contribution < 1.29 is 9.59 Å². The molecule has 0 bridgehead atoms. The van der Waals surface area contributed by atoms with Gasteiger partial charge in [0.05, 0.1) is 5.56 Å². The number of hydrogen-bond donors (Lipinski definition) is 3. The number of pyridine rings is 1. The van der Waals surface area contributed by atoms with Gasteiger partial charge in [-0.2, -0.15) is 0 Å². The molecule has 1 aromatic carbocycles. The van der Waals surface area contributed by atoms with Crippen molar-refractivity contribution in [3.05, 3.63) is 59.3 Å². The highest BCUT2D eigenvalue weighted by Gasteiger charge is 2.23. The Labute approximate surface area is 140 Å². The van der Waals surface area contributed by atoms with Crippen LogP contribution in [0.2, 0.25) is 0 Å². The molecule has 0 spiro atoms. The summed E-state index contributed by atoms with van der Waals surface area (Å²) in [6, 6.07) is 11.3. The van der Waals surface area contributed by atoms with Crippen LogP contribution < -0.4 is 16.0 Å². The molecule has 0 atom stereocenters. The maximum Gasteiger partial charge on any atom is 0.253 e. The minimum absolute atomic E-state index is 0.0682. The van der Waals surface area contributed by atoms with Crippen LogP contribution in [0.4, 0.5) is 5.82 Å². The molecule has 24 heavy (non-hydrogen) atoms. The number of aromatic nitrogens is 1. The number of amides is 2. The average molecular weight is 324 g/mol. The smallest absolute Gasteiger partial charge is 0.253 e. The van der Waals surface area contributed by atoms with Gasteiger partial charge in [0.1, 0.15) is 5.82 Å². The number of nitrogens with zero attached hydrogens (tertiary/aromatic N) is 1. The van der Waals surface area contributed by atoms with Gasteiger partial charge in [-0.3, -0.25) is 9.59 Å². The van der Waals surface area contributed by atoms with E-state index >= 15 is 0 Å². The van der Waals surface area contributed by atoms with E-state index < -0.39 is 0 Å². The van der Waals surface area contributed by atoms with Gasteiger partial charge in [-0.1, -0.05) is 12.1 Å². The number of nitrogens with one attached hydrogen (secondary N) is 3. The first kappa shape index (κ1) is 16.0. The second-order valence-corrected chi connectivity index (χ2v) is 5.81. The van der Waals surface area contributed by atoms with Crippen LogP contribution in [-0.4, -0.2) is 29.9 Å². The Hall–Kier alpha value is -2.89. The fourth-order valence-corrected chi connectivity index (χ4v) is 2.24. The van der Waals surface area contributed by atoms with E-state index in [-0.39, 0.29) is 11.8 Å². The summed E-state index contributed by atoms with van der Waals surface area (Å²) in [6.07, 6.45) is 3.71. The lowest BCUT2D eigenvalue weighted by atomic mass is 10.1. The summed E-state index contributed by atoms with van der Waals surface area (Å²) in [7, 11) is 1.61. The molecule has 124 valence electrons. The zero-order valence-electron chi connectivity index (χ0n) is 13.5. The molecule has 3 N–H and O–H groups in total. The van der Waals surface area contributed by atoms with E-state index in [1.807, 2.05) is 12.1 Å². The van der Waals surface area contributed by atoms with Crippen molar-refractivity contribution in [1.29, 1.82) is 0 Å². The van der Waals surface area contributed by atoms with Crippen molar-refractivity contribution in [3.8, 4) is 0 Å². The zero-order valence-corrected chi connectivity index (χ0v) is 13.5. The molecule has 1 fully saturated rings. The molecule has 3 rings (SSSR count). The van der Waals surface area contributed by atoms with Gasteiger partial charge >= 0.3 is 0 Å². The van der Waals surface area contributed by atoms with Gasteiger partial charge in [0.15, 0.2) is 0 Å². The Kier molecular flexibility index (Phi) is 4.74. The summed E-state index contributed by atoms with van der Waals surface area (Å²) in [5.41, 5.74) is 2.24. The van der Waals surface area contributed by atoms with E-state index in [0.717, 1.165) is 18.4 Å². The molecule has 0 aliphatic heterocycles. The summed E-state index contributed by atoms with van der Waals surface area (Å²) in [6.45, 7) is 0.592. The molecule has 1 heterocycles. The largest absolute Gasteiger partial charge is 0.366 e. The minimum Gasteiger partial charge on any atom is -0.366 e. The molecule has 6 heteroatoms. The topological polar surface area (TPSA) is 83.1 Å². The van der Waals surface area contributed by atoms with E-state index in [0.29, 0.717) is 29.5 Å². The molecule has 0 saturated heterocycles. The van der Waals surface area contributed by atoms with Crippen LogP contribution in [0.1, 0.15) is 39.1 Å². The van der Waals surface area contributed by atoms with E-state index in [2.05, 4.69) is 20.9 Å². The Bertz CT molecular complexity index is 722. The van der Waals surface area contributed by atoms with Crippen molar-refractivity contribution in [1.82, 2.24) is 15.6 Å². The average Bonchev–Trinajstić information content (AvgIpc) is 3.44. The molecular weight excluding hydrogens is 304 g/mol. The second-order valence-electron chi connectivity index (χ2n) is 5.81. The summed E-state index contributed by atoms with van der Waals surface area (Å²) in [5.74, 6) is 0.533. The van der Waals surface area contributed by atoms with Gasteiger partial charge in [-0.15, -0.1) is 0 Å². The number of hydrogen-bond acceptors (Lipinski definition) is 4. The summed E-state index contributed by atoms with van der Waals surface area (Å²) < 4.78 is 0. The lowest BCUT2D eigenvalue weighted by Crippen LogP contribution is -2.25. The SMILES string of the molecule is CNC(=O)c1ccc(CNc2ccc(C(=O)NC3CC3)cn2)cc1. The van der Waals surface area contributed by atoms with Crippen LogP contribution in [0.15, 0.2) is 42.6 Å².